The Morgan fingerprint density at radius 2 is 1.72 bits per heavy atom. The van der Waals surface area contributed by atoms with Crippen LogP contribution < -0.4 is 10.6 Å². The van der Waals surface area contributed by atoms with E-state index >= 15 is 0 Å². The molecule has 4 rings (SSSR count). The maximum absolute atomic E-state index is 12.7. The summed E-state index contributed by atoms with van der Waals surface area (Å²) < 4.78 is 25.5. The maximum atomic E-state index is 12.7. The number of hydrogen-bond donors (Lipinski definition) is 2. The molecule has 1 unspecified atom stereocenters. The molecule has 1 atom stereocenters. The second-order valence-corrected chi connectivity index (χ2v) is 11.8. The molecule has 1 aliphatic rings. The van der Waals surface area contributed by atoms with Crippen LogP contribution >= 0.6 is 23.2 Å². The van der Waals surface area contributed by atoms with Crippen LogP contribution in [0.3, 0.4) is 0 Å². The number of piperidine rings is 1. The van der Waals surface area contributed by atoms with E-state index in [0.717, 1.165) is 29.5 Å². The molecule has 1 fully saturated rings. The molecule has 1 saturated heterocycles. The van der Waals surface area contributed by atoms with Crippen molar-refractivity contribution in [1.29, 1.82) is 0 Å². The maximum Gasteiger partial charge on any atom is 0.319 e. The first-order valence-electron chi connectivity index (χ1n) is 11.7. The van der Waals surface area contributed by atoms with Crippen molar-refractivity contribution in [1.82, 2.24) is 14.6 Å². The number of rotatable bonds is 7. The van der Waals surface area contributed by atoms with Gasteiger partial charge in [0.25, 0.3) is 0 Å². The number of pyridine rings is 1. The van der Waals surface area contributed by atoms with Crippen molar-refractivity contribution in [2.24, 2.45) is 5.92 Å². The number of hydrogen-bond acceptors (Lipinski definition) is 4. The highest BCUT2D eigenvalue weighted by atomic mass is 35.5. The topological polar surface area (TPSA) is 91.4 Å². The zero-order valence-electron chi connectivity index (χ0n) is 19.8. The van der Waals surface area contributed by atoms with E-state index in [4.69, 9.17) is 23.2 Å². The number of aromatic nitrogens is 1. The number of amides is 2. The molecule has 1 aliphatic heterocycles. The van der Waals surface area contributed by atoms with Gasteiger partial charge in [0.15, 0.2) is 0 Å². The Morgan fingerprint density at radius 1 is 1.06 bits per heavy atom. The standard InChI is InChI=1S/C26H28Cl2N4O3S/c1-36(34,35)32-11-8-20(9-12-32)25(17-30-26(33)31-24-14-22(27)13-23(28)15-24)19-6-4-18(5-7-19)21-3-2-10-29-16-21/h2-7,10,13-16,20,25H,8-9,11-12,17H2,1H3,(H2,30,31,33). The van der Waals surface area contributed by atoms with Gasteiger partial charge in [0.2, 0.25) is 10.0 Å². The number of benzene rings is 2. The minimum absolute atomic E-state index is 0.0170. The first-order valence-corrected chi connectivity index (χ1v) is 14.3. The lowest BCUT2D eigenvalue weighted by atomic mass is 9.80. The molecular formula is C26H28Cl2N4O3S. The fourth-order valence-electron chi connectivity index (χ4n) is 4.63. The molecule has 0 radical (unpaired) electrons. The number of nitrogens with zero attached hydrogens (tertiary/aromatic N) is 2. The number of sulfonamides is 1. The average Bonchev–Trinajstić information content (AvgIpc) is 2.84. The minimum Gasteiger partial charge on any atom is -0.337 e. The summed E-state index contributed by atoms with van der Waals surface area (Å²) in [4.78, 5) is 16.9. The van der Waals surface area contributed by atoms with Gasteiger partial charge in [-0.15, -0.1) is 0 Å². The minimum atomic E-state index is -3.22. The molecule has 0 aliphatic carbocycles. The van der Waals surface area contributed by atoms with E-state index in [-0.39, 0.29) is 17.9 Å². The lowest BCUT2D eigenvalue weighted by Crippen LogP contribution is -2.41. The first-order chi connectivity index (χ1) is 17.2. The summed E-state index contributed by atoms with van der Waals surface area (Å²) in [6.45, 7) is 1.35. The van der Waals surface area contributed by atoms with Gasteiger partial charge in [0, 0.05) is 53.7 Å². The molecule has 0 spiro atoms. The van der Waals surface area contributed by atoms with Gasteiger partial charge in [-0.3, -0.25) is 4.98 Å². The fraction of sp³-hybridized carbons (Fsp3) is 0.308. The second kappa shape index (κ2) is 11.6. The van der Waals surface area contributed by atoms with Crippen LogP contribution in [0.4, 0.5) is 10.5 Å². The predicted molar refractivity (Wildman–Crippen MR) is 145 cm³/mol. The molecule has 7 nitrogen and oxygen atoms in total. The Labute approximate surface area is 221 Å². The van der Waals surface area contributed by atoms with E-state index in [0.29, 0.717) is 35.4 Å². The van der Waals surface area contributed by atoms with Gasteiger partial charge < -0.3 is 10.6 Å². The van der Waals surface area contributed by atoms with Gasteiger partial charge in [0.1, 0.15) is 0 Å². The Balaban J connectivity index is 1.49. The molecule has 190 valence electrons. The summed E-state index contributed by atoms with van der Waals surface area (Å²) in [7, 11) is -3.22. The van der Waals surface area contributed by atoms with Crippen LogP contribution in [-0.2, 0) is 10.0 Å². The van der Waals surface area contributed by atoms with Crippen molar-refractivity contribution in [3.05, 3.63) is 82.6 Å². The number of halogens is 2. The summed E-state index contributed by atoms with van der Waals surface area (Å²) in [6.07, 6.45) is 6.24. The summed E-state index contributed by atoms with van der Waals surface area (Å²) in [5.74, 6) is 0.233. The third-order valence-electron chi connectivity index (χ3n) is 6.47. The number of carbonyl (C=O) groups excluding carboxylic acids is 1. The van der Waals surface area contributed by atoms with Crippen LogP contribution in [0, 0.1) is 5.92 Å². The number of nitrogens with one attached hydrogen (secondary N) is 2. The SMILES string of the molecule is CS(=O)(=O)N1CCC(C(CNC(=O)Nc2cc(Cl)cc(Cl)c2)c2ccc(-c3cccnc3)cc2)CC1. The first kappa shape index (κ1) is 26.4. The van der Waals surface area contributed by atoms with Crippen molar-refractivity contribution >= 4 is 44.9 Å². The second-order valence-electron chi connectivity index (χ2n) is 8.96. The van der Waals surface area contributed by atoms with E-state index in [1.165, 1.54) is 10.6 Å². The Bertz CT molecular complexity index is 1280. The van der Waals surface area contributed by atoms with Crippen LogP contribution in [-0.4, -0.2) is 49.6 Å². The molecule has 0 bridgehead atoms. The number of anilines is 1. The predicted octanol–water partition coefficient (Wildman–Crippen LogP) is 5.63. The van der Waals surface area contributed by atoms with E-state index < -0.39 is 10.0 Å². The molecule has 1 aromatic heterocycles. The van der Waals surface area contributed by atoms with Crippen LogP contribution in [0.2, 0.25) is 10.0 Å². The van der Waals surface area contributed by atoms with Crippen molar-refractivity contribution < 1.29 is 13.2 Å². The zero-order valence-corrected chi connectivity index (χ0v) is 22.2. The summed E-state index contributed by atoms with van der Waals surface area (Å²) >= 11 is 12.1. The highest BCUT2D eigenvalue weighted by molar-refractivity contribution is 7.88. The van der Waals surface area contributed by atoms with E-state index in [1.807, 2.05) is 18.3 Å². The van der Waals surface area contributed by atoms with Crippen LogP contribution in [0.25, 0.3) is 11.1 Å². The highest BCUT2D eigenvalue weighted by Gasteiger charge is 2.31. The number of carbonyl (C=O) groups is 1. The molecule has 2 amide bonds. The molecule has 10 heteroatoms. The van der Waals surface area contributed by atoms with Crippen molar-refractivity contribution in [3.8, 4) is 11.1 Å². The Hall–Kier alpha value is -2.65. The summed E-state index contributed by atoms with van der Waals surface area (Å²) in [5.41, 5.74) is 3.68. The lowest BCUT2D eigenvalue weighted by molar-refractivity contribution is 0.233. The quantitative estimate of drug-likeness (QED) is 0.401. The van der Waals surface area contributed by atoms with Gasteiger partial charge in [0.05, 0.1) is 6.26 Å². The fourth-order valence-corrected chi connectivity index (χ4v) is 6.03. The smallest absolute Gasteiger partial charge is 0.319 e. The molecule has 0 saturated carbocycles. The summed E-state index contributed by atoms with van der Waals surface area (Å²) in [6, 6.07) is 16.7. The van der Waals surface area contributed by atoms with Gasteiger partial charge in [-0.1, -0.05) is 53.5 Å². The van der Waals surface area contributed by atoms with E-state index in [1.54, 1.807) is 24.4 Å². The zero-order chi connectivity index (χ0) is 25.7. The van der Waals surface area contributed by atoms with Crippen LogP contribution in [0.5, 0.6) is 0 Å². The Morgan fingerprint density at radius 3 is 2.31 bits per heavy atom. The van der Waals surface area contributed by atoms with E-state index in [2.05, 4.69) is 39.9 Å². The van der Waals surface area contributed by atoms with Crippen molar-refractivity contribution in [3.63, 3.8) is 0 Å². The molecule has 3 aromatic rings. The van der Waals surface area contributed by atoms with Gasteiger partial charge in [-0.2, -0.15) is 0 Å². The molecule has 36 heavy (non-hydrogen) atoms. The third-order valence-corrected chi connectivity index (χ3v) is 8.21. The molecular weight excluding hydrogens is 519 g/mol. The molecule has 2 heterocycles. The van der Waals surface area contributed by atoms with Crippen molar-refractivity contribution in [2.75, 3.05) is 31.2 Å². The highest BCUT2D eigenvalue weighted by Crippen LogP contribution is 2.34. The van der Waals surface area contributed by atoms with E-state index in [9.17, 15) is 13.2 Å². The monoisotopic (exact) mass is 546 g/mol. The van der Waals surface area contributed by atoms with Crippen LogP contribution in [0.1, 0.15) is 24.3 Å². The van der Waals surface area contributed by atoms with Crippen molar-refractivity contribution in [2.45, 2.75) is 18.8 Å². The third kappa shape index (κ3) is 6.97. The van der Waals surface area contributed by atoms with Gasteiger partial charge >= 0.3 is 6.03 Å². The van der Waals surface area contributed by atoms with Gasteiger partial charge in [-0.25, -0.2) is 17.5 Å². The average molecular weight is 548 g/mol. The lowest BCUT2D eigenvalue weighted by Gasteiger charge is -2.35. The van der Waals surface area contributed by atoms with Crippen LogP contribution in [0.15, 0.2) is 67.0 Å². The Kier molecular flexibility index (Phi) is 8.51. The molecule has 2 aromatic carbocycles. The summed E-state index contributed by atoms with van der Waals surface area (Å²) in [5, 5.41) is 6.62. The largest absolute Gasteiger partial charge is 0.337 e. The normalized spacial score (nSPS) is 15.9. The van der Waals surface area contributed by atoms with Gasteiger partial charge in [-0.05, 0) is 59.7 Å². The number of urea groups is 1. The molecule has 2 N–H and O–H groups in total.